The van der Waals surface area contributed by atoms with Gasteiger partial charge in [-0.15, -0.1) is 0 Å². The molecule has 0 radical (unpaired) electrons. The number of hydrogen-bond acceptors (Lipinski definition) is 2. The van der Waals surface area contributed by atoms with Crippen molar-refractivity contribution in [2.75, 3.05) is 26.7 Å². The fourth-order valence-electron chi connectivity index (χ4n) is 2.88. The van der Waals surface area contributed by atoms with Gasteiger partial charge in [0.1, 0.15) is 5.82 Å². The number of hydrogen-bond donors (Lipinski definition) is 1. The predicted octanol–water partition coefficient (Wildman–Crippen LogP) is 3.35. The first-order valence-electron chi connectivity index (χ1n) is 7.45. The van der Waals surface area contributed by atoms with Gasteiger partial charge in [0, 0.05) is 11.6 Å². The largest absolute Gasteiger partial charge is 0.313 e. The maximum Gasteiger partial charge on any atom is 0.127 e. The highest BCUT2D eigenvalue weighted by Crippen LogP contribution is 2.20. The summed E-state index contributed by atoms with van der Waals surface area (Å²) in [6, 6.07) is 7.21. The van der Waals surface area contributed by atoms with E-state index in [4.69, 9.17) is 0 Å². The van der Waals surface area contributed by atoms with Crippen LogP contribution in [0.4, 0.5) is 4.39 Å². The summed E-state index contributed by atoms with van der Waals surface area (Å²) in [6.45, 7) is 3.46. The molecule has 1 aliphatic rings. The van der Waals surface area contributed by atoms with Crippen molar-refractivity contribution in [3.05, 3.63) is 35.6 Å². The number of rotatable bonds is 5. The molecule has 3 heteroatoms. The Morgan fingerprint density at radius 1 is 1.16 bits per heavy atom. The zero-order valence-electron chi connectivity index (χ0n) is 11.9. The molecule has 1 aliphatic heterocycles. The van der Waals surface area contributed by atoms with Gasteiger partial charge in [-0.2, -0.15) is 0 Å². The molecule has 1 N–H and O–H groups in total. The number of benzene rings is 1. The predicted molar refractivity (Wildman–Crippen MR) is 77.7 cm³/mol. The van der Waals surface area contributed by atoms with Gasteiger partial charge in [-0.05, 0) is 52.0 Å². The fraction of sp³-hybridized carbons (Fsp3) is 0.625. The van der Waals surface area contributed by atoms with E-state index in [2.05, 4.69) is 10.2 Å². The van der Waals surface area contributed by atoms with E-state index < -0.39 is 0 Å². The highest BCUT2D eigenvalue weighted by Gasteiger charge is 2.15. The van der Waals surface area contributed by atoms with Crippen LogP contribution in [0.15, 0.2) is 24.3 Å². The molecule has 2 nitrogen and oxygen atoms in total. The fourth-order valence-corrected chi connectivity index (χ4v) is 2.88. The van der Waals surface area contributed by atoms with Gasteiger partial charge in [0.05, 0.1) is 0 Å². The van der Waals surface area contributed by atoms with Crippen LogP contribution in [-0.2, 0) is 0 Å². The van der Waals surface area contributed by atoms with Crippen LogP contribution in [0.1, 0.15) is 43.7 Å². The van der Waals surface area contributed by atoms with Crippen molar-refractivity contribution in [1.29, 1.82) is 0 Å². The SMILES string of the molecule is CNC(CCN1CCCCCC1)c1ccccc1F. The molecule has 0 spiro atoms. The molecule has 0 saturated carbocycles. The Balaban J connectivity index is 1.90. The van der Waals surface area contributed by atoms with E-state index in [-0.39, 0.29) is 11.9 Å². The number of halogens is 1. The minimum absolute atomic E-state index is 0.0993. The van der Waals surface area contributed by atoms with Crippen molar-refractivity contribution in [2.24, 2.45) is 0 Å². The Hall–Kier alpha value is -0.930. The van der Waals surface area contributed by atoms with Crippen LogP contribution < -0.4 is 5.32 Å². The quantitative estimate of drug-likeness (QED) is 0.877. The summed E-state index contributed by atoms with van der Waals surface area (Å²) in [4.78, 5) is 2.53. The van der Waals surface area contributed by atoms with E-state index in [1.807, 2.05) is 19.2 Å². The third-order valence-electron chi connectivity index (χ3n) is 4.06. The average molecular weight is 264 g/mol. The first-order valence-corrected chi connectivity index (χ1v) is 7.45. The monoisotopic (exact) mass is 264 g/mol. The van der Waals surface area contributed by atoms with Crippen molar-refractivity contribution in [1.82, 2.24) is 10.2 Å². The molecule has 0 aromatic heterocycles. The van der Waals surface area contributed by atoms with Crippen molar-refractivity contribution >= 4 is 0 Å². The van der Waals surface area contributed by atoms with E-state index in [0.29, 0.717) is 0 Å². The number of nitrogens with one attached hydrogen (secondary N) is 1. The number of likely N-dealkylation sites (tertiary alicyclic amines) is 1. The molecule has 1 fully saturated rings. The second kappa shape index (κ2) is 7.61. The lowest BCUT2D eigenvalue weighted by Gasteiger charge is -2.24. The summed E-state index contributed by atoms with van der Waals surface area (Å²) in [6.07, 6.45) is 6.31. The second-order valence-electron chi connectivity index (χ2n) is 5.41. The summed E-state index contributed by atoms with van der Waals surface area (Å²) in [5.41, 5.74) is 0.792. The van der Waals surface area contributed by atoms with Crippen molar-refractivity contribution < 1.29 is 4.39 Å². The van der Waals surface area contributed by atoms with Crippen LogP contribution in [0.25, 0.3) is 0 Å². The molecule has 1 heterocycles. The summed E-state index contributed by atoms with van der Waals surface area (Å²) in [5, 5.41) is 3.25. The van der Waals surface area contributed by atoms with Crippen molar-refractivity contribution in [3.63, 3.8) is 0 Å². The molecule has 1 aromatic rings. The van der Waals surface area contributed by atoms with Gasteiger partial charge in [-0.3, -0.25) is 0 Å². The summed E-state index contributed by atoms with van der Waals surface area (Å²) < 4.78 is 13.8. The Morgan fingerprint density at radius 2 is 1.84 bits per heavy atom. The van der Waals surface area contributed by atoms with Gasteiger partial charge < -0.3 is 10.2 Å². The maximum absolute atomic E-state index is 13.8. The smallest absolute Gasteiger partial charge is 0.127 e. The van der Waals surface area contributed by atoms with Crippen molar-refractivity contribution in [2.45, 2.75) is 38.1 Å². The van der Waals surface area contributed by atoms with Gasteiger partial charge in [0.2, 0.25) is 0 Å². The lowest BCUT2D eigenvalue weighted by Crippen LogP contribution is -2.29. The molecule has 19 heavy (non-hydrogen) atoms. The zero-order chi connectivity index (χ0) is 13.5. The lowest BCUT2D eigenvalue weighted by atomic mass is 10.0. The van der Waals surface area contributed by atoms with E-state index in [0.717, 1.165) is 18.5 Å². The standard InChI is InChI=1S/C16H25FN2/c1-18-16(14-8-4-5-9-15(14)17)10-13-19-11-6-2-3-7-12-19/h4-5,8-9,16,18H,2-3,6-7,10-13H2,1H3. The Morgan fingerprint density at radius 3 is 2.47 bits per heavy atom. The van der Waals surface area contributed by atoms with E-state index in [1.165, 1.54) is 38.8 Å². The molecule has 0 amide bonds. The van der Waals surface area contributed by atoms with Gasteiger partial charge in [0.25, 0.3) is 0 Å². The van der Waals surface area contributed by atoms with Gasteiger partial charge >= 0.3 is 0 Å². The van der Waals surface area contributed by atoms with E-state index >= 15 is 0 Å². The first-order chi connectivity index (χ1) is 9.31. The van der Waals surface area contributed by atoms with Crippen molar-refractivity contribution in [3.8, 4) is 0 Å². The van der Waals surface area contributed by atoms with Crippen LogP contribution in [0.5, 0.6) is 0 Å². The van der Waals surface area contributed by atoms with Gasteiger partial charge in [-0.1, -0.05) is 31.0 Å². The molecule has 1 saturated heterocycles. The molecule has 0 bridgehead atoms. The molecule has 1 aromatic carbocycles. The summed E-state index contributed by atoms with van der Waals surface area (Å²) in [5.74, 6) is -0.0993. The van der Waals surface area contributed by atoms with Crippen LogP contribution in [-0.4, -0.2) is 31.6 Å². The van der Waals surface area contributed by atoms with Gasteiger partial charge in [-0.25, -0.2) is 4.39 Å². The third-order valence-corrected chi connectivity index (χ3v) is 4.06. The normalized spacial score (nSPS) is 19.1. The minimum atomic E-state index is -0.0993. The zero-order valence-corrected chi connectivity index (χ0v) is 11.9. The van der Waals surface area contributed by atoms with E-state index in [1.54, 1.807) is 12.1 Å². The van der Waals surface area contributed by atoms with Gasteiger partial charge in [0.15, 0.2) is 0 Å². The highest BCUT2D eigenvalue weighted by molar-refractivity contribution is 5.21. The molecular formula is C16H25FN2. The highest BCUT2D eigenvalue weighted by atomic mass is 19.1. The molecule has 106 valence electrons. The topological polar surface area (TPSA) is 15.3 Å². The summed E-state index contributed by atoms with van der Waals surface area (Å²) in [7, 11) is 1.92. The van der Waals surface area contributed by atoms with Crippen LogP contribution in [0.2, 0.25) is 0 Å². The third kappa shape index (κ3) is 4.29. The summed E-state index contributed by atoms with van der Waals surface area (Å²) >= 11 is 0. The Labute approximate surface area is 116 Å². The lowest BCUT2D eigenvalue weighted by molar-refractivity contribution is 0.267. The van der Waals surface area contributed by atoms with Crippen LogP contribution in [0.3, 0.4) is 0 Å². The molecule has 1 atom stereocenters. The second-order valence-corrected chi connectivity index (χ2v) is 5.41. The van der Waals surface area contributed by atoms with Crippen LogP contribution >= 0.6 is 0 Å². The molecule has 0 aliphatic carbocycles. The maximum atomic E-state index is 13.8. The van der Waals surface area contributed by atoms with E-state index in [9.17, 15) is 4.39 Å². The Bertz CT molecular complexity index is 373. The number of nitrogens with zero attached hydrogens (tertiary/aromatic N) is 1. The van der Waals surface area contributed by atoms with Crippen LogP contribution in [0, 0.1) is 5.82 Å². The minimum Gasteiger partial charge on any atom is -0.313 e. The Kier molecular flexibility index (Phi) is 5.80. The average Bonchev–Trinajstić information content (AvgIpc) is 2.70. The molecule has 2 rings (SSSR count). The molecule has 1 unspecified atom stereocenters. The first kappa shape index (κ1) is 14.5. The molecular weight excluding hydrogens is 239 g/mol.